The minimum Gasteiger partial charge on any atom is -0.468 e. The van der Waals surface area contributed by atoms with Gasteiger partial charge in [0, 0.05) is 13.1 Å². The summed E-state index contributed by atoms with van der Waals surface area (Å²) in [6, 6.07) is -0.214. The van der Waals surface area contributed by atoms with Gasteiger partial charge in [0.25, 0.3) is 0 Å². The van der Waals surface area contributed by atoms with Gasteiger partial charge in [-0.05, 0) is 19.0 Å². The summed E-state index contributed by atoms with van der Waals surface area (Å²) in [4.78, 5) is 13.8. The van der Waals surface area contributed by atoms with Gasteiger partial charge in [0.15, 0.2) is 0 Å². The monoisotopic (exact) mass is 230 g/mol. The lowest BCUT2D eigenvalue weighted by Crippen LogP contribution is -2.47. The molecule has 4 heteroatoms. The highest BCUT2D eigenvalue weighted by atomic mass is 16.5. The molecule has 1 atom stereocenters. The Labute approximate surface area is 99.3 Å². The first-order valence-corrected chi connectivity index (χ1v) is 6.08. The molecule has 1 unspecified atom stereocenters. The van der Waals surface area contributed by atoms with E-state index in [-0.39, 0.29) is 12.0 Å². The molecule has 0 heterocycles. The number of nitrogens with one attached hydrogen (secondary N) is 1. The highest BCUT2D eigenvalue weighted by Gasteiger charge is 2.20. The van der Waals surface area contributed by atoms with Crippen molar-refractivity contribution in [3.8, 4) is 0 Å². The van der Waals surface area contributed by atoms with E-state index >= 15 is 0 Å². The third kappa shape index (κ3) is 6.08. The number of nitrogens with zero attached hydrogens (tertiary/aromatic N) is 1. The largest absolute Gasteiger partial charge is 0.468 e. The van der Waals surface area contributed by atoms with Crippen LogP contribution < -0.4 is 5.32 Å². The Balaban J connectivity index is 4.27. The van der Waals surface area contributed by atoms with Crippen LogP contribution in [0.4, 0.5) is 0 Å². The number of ether oxygens (including phenoxy) is 1. The Morgan fingerprint density at radius 2 is 1.94 bits per heavy atom. The molecule has 16 heavy (non-hydrogen) atoms. The van der Waals surface area contributed by atoms with Crippen LogP contribution in [-0.2, 0) is 9.53 Å². The van der Waals surface area contributed by atoms with Crippen LogP contribution in [0.5, 0.6) is 0 Å². The quantitative estimate of drug-likeness (QED) is 0.634. The van der Waals surface area contributed by atoms with Crippen LogP contribution in [-0.4, -0.2) is 50.2 Å². The number of carbonyl (C=O) groups excluding carboxylic acids is 1. The van der Waals surface area contributed by atoms with Crippen molar-refractivity contribution in [1.82, 2.24) is 10.2 Å². The van der Waals surface area contributed by atoms with Crippen molar-refractivity contribution in [2.24, 2.45) is 5.92 Å². The first-order chi connectivity index (χ1) is 7.54. The van der Waals surface area contributed by atoms with Gasteiger partial charge < -0.3 is 15.0 Å². The summed E-state index contributed by atoms with van der Waals surface area (Å²) < 4.78 is 4.79. The normalized spacial score (nSPS) is 13.2. The van der Waals surface area contributed by atoms with Gasteiger partial charge in [-0.15, -0.1) is 0 Å². The van der Waals surface area contributed by atoms with E-state index in [1.54, 1.807) is 0 Å². The van der Waals surface area contributed by atoms with E-state index in [0.29, 0.717) is 5.92 Å². The van der Waals surface area contributed by atoms with Crippen LogP contribution >= 0.6 is 0 Å². The van der Waals surface area contributed by atoms with Crippen LogP contribution in [0.3, 0.4) is 0 Å². The number of esters is 1. The second-order valence-corrected chi connectivity index (χ2v) is 4.38. The van der Waals surface area contributed by atoms with Crippen molar-refractivity contribution in [2.75, 3.05) is 33.3 Å². The topological polar surface area (TPSA) is 41.6 Å². The Morgan fingerprint density at radius 1 is 1.31 bits per heavy atom. The SMILES string of the molecule is CCNC(CN(CC)CC(C)C)C(=O)OC. The molecule has 0 saturated carbocycles. The number of methoxy groups -OCH3 is 1. The summed E-state index contributed by atoms with van der Waals surface area (Å²) in [6.07, 6.45) is 0. The average molecular weight is 230 g/mol. The van der Waals surface area contributed by atoms with E-state index in [1.807, 2.05) is 6.92 Å². The number of carbonyl (C=O) groups is 1. The molecule has 4 nitrogen and oxygen atoms in total. The predicted molar refractivity (Wildman–Crippen MR) is 66.4 cm³/mol. The molecule has 96 valence electrons. The lowest BCUT2D eigenvalue weighted by Gasteiger charge is -2.26. The van der Waals surface area contributed by atoms with Gasteiger partial charge in [0.2, 0.25) is 0 Å². The molecule has 0 fully saturated rings. The molecule has 0 aliphatic rings. The number of rotatable bonds is 8. The standard InChI is InChI=1S/C12H26N2O2/c1-6-13-11(12(15)16-5)9-14(7-2)8-10(3)4/h10-11,13H,6-9H2,1-5H3. The maximum atomic E-state index is 11.5. The number of likely N-dealkylation sites (N-methyl/N-ethyl adjacent to an activating group) is 2. The molecule has 0 aliphatic heterocycles. The molecule has 0 spiro atoms. The molecular weight excluding hydrogens is 204 g/mol. The van der Waals surface area contributed by atoms with Crippen molar-refractivity contribution in [3.05, 3.63) is 0 Å². The van der Waals surface area contributed by atoms with Crippen LogP contribution in [0.1, 0.15) is 27.7 Å². The molecule has 0 aromatic carbocycles. The van der Waals surface area contributed by atoms with Crippen LogP contribution in [0.25, 0.3) is 0 Å². The Bertz CT molecular complexity index is 195. The second kappa shape index (κ2) is 8.53. The summed E-state index contributed by atoms with van der Waals surface area (Å²) in [5.74, 6) is 0.434. The second-order valence-electron chi connectivity index (χ2n) is 4.38. The zero-order chi connectivity index (χ0) is 12.6. The zero-order valence-corrected chi connectivity index (χ0v) is 11.2. The van der Waals surface area contributed by atoms with Gasteiger partial charge in [0.1, 0.15) is 6.04 Å². The summed E-state index contributed by atoms with van der Waals surface area (Å²) in [5.41, 5.74) is 0. The number of hydrogen-bond donors (Lipinski definition) is 1. The Kier molecular flexibility index (Phi) is 8.21. The van der Waals surface area contributed by atoms with Gasteiger partial charge >= 0.3 is 5.97 Å². The minimum atomic E-state index is -0.214. The van der Waals surface area contributed by atoms with Crippen molar-refractivity contribution in [3.63, 3.8) is 0 Å². The molecule has 0 amide bonds. The molecule has 1 N–H and O–H groups in total. The lowest BCUT2D eigenvalue weighted by molar-refractivity contribution is -0.143. The average Bonchev–Trinajstić information content (AvgIpc) is 2.25. The molecule has 0 aliphatic carbocycles. The first-order valence-electron chi connectivity index (χ1n) is 6.08. The maximum absolute atomic E-state index is 11.5. The fourth-order valence-electron chi connectivity index (χ4n) is 1.72. The zero-order valence-electron chi connectivity index (χ0n) is 11.2. The van der Waals surface area contributed by atoms with Crippen LogP contribution in [0, 0.1) is 5.92 Å². The first kappa shape index (κ1) is 15.4. The number of hydrogen-bond acceptors (Lipinski definition) is 4. The van der Waals surface area contributed by atoms with Gasteiger partial charge in [-0.3, -0.25) is 4.79 Å². The van der Waals surface area contributed by atoms with Gasteiger partial charge in [0.05, 0.1) is 7.11 Å². The van der Waals surface area contributed by atoms with Gasteiger partial charge in [-0.2, -0.15) is 0 Å². The summed E-state index contributed by atoms with van der Waals surface area (Å²) >= 11 is 0. The van der Waals surface area contributed by atoms with E-state index in [0.717, 1.165) is 26.2 Å². The van der Waals surface area contributed by atoms with Crippen molar-refractivity contribution < 1.29 is 9.53 Å². The fourth-order valence-corrected chi connectivity index (χ4v) is 1.72. The molecule has 0 rings (SSSR count). The smallest absolute Gasteiger partial charge is 0.324 e. The predicted octanol–water partition coefficient (Wildman–Crippen LogP) is 1.12. The minimum absolute atomic E-state index is 0.177. The van der Waals surface area contributed by atoms with Crippen molar-refractivity contribution >= 4 is 5.97 Å². The molecule has 0 bridgehead atoms. The maximum Gasteiger partial charge on any atom is 0.324 e. The van der Waals surface area contributed by atoms with Gasteiger partial charge in [-0.1, -0.05) is 27.7 Å². The highest BCUT2D eigenvalue weighted by molar-refractivity contribution is 5.75. The lowest BCUT2D eigenvalue weighted by atomic mass is 10.2. The highest BCUT2D eigenvalue weighted by Crippen LogP contribution is 2.01. The summed E-state index contributed by atoms with van der Waals surface area (Å²) in [7, 11) is 1.44. The Hall–Kier alpha value is -0.610. The van der Waals surface area contributed by atoms with Crippen LogP contribution in [0.2, 0.25) is 0 Å². The van der Waals surface area contributed by atoms with Crippen molar-refractivity contribution in [2.45, 2.75) is 33.7 Å². The van der Waals surface area contributed by atoms with E-state index in [9.17, 15) is 4.79 Å². The molecular formula is C12H26N2O2. The summed E-state index contributed by atoms with van der Waals surface area (Å²) in [6.45, 7) is 11.9. The fraction of sp³-hybridized carbons (Fsp3) is 0.917. The molecule has 0 radical (unpaired) electrons. The van der Waals surface area contributed by atoms with E-state index in [2.05, 4.69) is 31.0 Å². The third-order valence-electron chi connectivity index (χ3n) is 2.45. The van der Waals surface area contributed by atoms with Crippen LogP contribution in [0.15, 0.2) is 0 Å². The third-order valence-corrected chi connectivity index (χ3v) is 2.45. The van der Waals surface area contributed by atoms with E-state index in [4.69, 9.17) is 4.74 Å². The van der Waals surface area contributed by atoms with E-state index < -0.39 is 0 Å². The van der Waals surface area contributed by atoms with Gasteiger partial charge in [-0.25, -0.2) is 0 Å². The van der Waals surface area contributed by atoms with E-state index in [1.165, 1.54) is 7.11 Å². The Morgan fingerprint density at radius 3 is 2.31 bits per heavy atom. The summed E-state index contributed by atoms with van der Waals surface area (Å²) in [5, 5.41) is 3.16. The molecule has 0 saturated heterocycles. The molecule has 0 aromatic rings. The molecule has 0 aromatic heterocycles. The van der Waals surface area contributed by atoms with Crippen molar-refractivity contribution in [1.29, 1.82) is 0 Å².